The van der Waals surface area contributed by atoms with Crippen LogP contribution in [0.15, 0.2) is 48.5 Å². The highest BCUT2D eigenvalue weighted by atomic mass is 35.5. The summed E-state index contributed by atoms with van der Waals surface area (Å²) in [6.07, 6.45) is 0. The van der Waals surface area contributed by atoms with Crippen molar-refractivity contribution in [2.45, 2.75) is 40.0 Å². The third kappa shape index (κ3) is 6.19. The number of aryl methyl sites for hydroxylation is 1. The molecule has 0 aliphatic rings. The zero-order valence-corrected chi connectivity index (χ0v) is 13.7. The van der Waals surface area contributed by atoms with E-state index in [2.05, 4.69) is 62.5 Å². The predicted octanol–water partition coefficient (Wildman–Crippen LogP) is 4.49. The van der Waals surface area contributed by atoms with E-state index in [1.807, 2.05) is 12.1 Å². The zero-order valence-electron chi connectivity index (χ0n) is 12.9. The van der Waals surface area contributed by atoms with Crippen LogP contribution in [0.5, 0.6) is 5.75 Å². The molecule has 0 atom stereocenters. The zero-order chi connectivity index (χ0) is 14.4. The van der Waals surface area contributed by atoms with Crippen LogP contribution in [-0.2, 0) is 13.2 Å². The average molecular weight is 306 g/mol. The van der Waals surface area contributed by atoms with Crippen molar-refractivity contribution in [3.63, 3.8) is 0 Å². The Kier molecular flexibility index (Phi) is 7.27. The van der Waals surface area contributed by atoms with Crippen LogP contribution in [0.1, 0.15) is 30.5 Å². The minimum Gasteiger partial charge on any atom is -0.489 e. The summed E-state index contributed by atoms with van der Waals surface area (Å²) in [5.74, 6) is 0.925. The number of benzene rings is 2. The van der Waals surface area contributed by atoms with Crippen LogP contribution in [0.4, 0.5) is 0 Å². The van der Waals surface area contributed by atoms with Gasteiger partial charge in [0.2, 0.25) is 0 Å². The van der Waals surface area contributed by atoms with E-state index in [1.165, 1.54) is 16.7 Å². The fourth-order valence-corrected chi connectivity index (χ4v) is 1.92. The van der Waals surface area contributed by atoms with Gasteiger partial charge in [-0.05, 0) is 30.2 Å². The number of hydrogen-bond donors (Lipinski definition) is 1. The molecule has 2 rings (SSSR count). The van der Waals surface area contributed by atoms with E-state index in [0.717, 1.165) is 12.3 Å². The summed E-state index contributed by atoms with van der Waals surface area (Å²) in [4.78, 5) is 0. The summed E-state index contributed by atoms with van der Waals surface area (Å²) in [6.45, 7) is 7.88. The Labute approximate surface area is 133 Å². The van der Waals surface area contributed by atoms with Crippen molar-refractivity contribution in [3.8, 4) is 5.75 Å². The molecule has 114 valence electrons. The van der Waals surface area contributed by atoms with Crippen molar-refractivity contribution in [2.75, 3.05) is 0 Å². The molecule has 0 aliphatic carbocycles. The first-order valence-electron chi connectivity index (χ1n) is 7.14. The van der Waals surface area contributed by atoms with Crippen molar-refractivity contribution < 1.29 is 4.74 Å². The van der Waals surface area contributed by atoms with E-state index >= 15 is 0 Å². The number of ether oxygens (including phenoxy) is 1. The lowest BCUT2D eigenvalue weighted by molar-refractivity contribution is 0.306. The third-order valence-corrected chi connectivity index (χ3v) is 3.14. The SMILES string of the molecule is Cc1ccc(COc2cccc(CNC(C)C)c2)cc1.Cl. The summed E-state index contributed by atoms with van der Waals surface area (Å²) in [5.41, 5.74) is 3.72. The molecule has 0 unspecified atom stereocenters. The van der Waals surface area contributed by atoms with Crippen LogP contribution >= 0.6 is 12.4 Å². The largest absolute Gasteiger partial charge is 0.489 e. The topological polar surface area (TPSA) is 21.3 Å². The summed E-state index contributed by atoms with van der Waals surface area (Å²) < 4.78 is 5.85. The van der Waals surface area contributed by atoms with Gasteiger partial charge in [0.05, 0.1) is 0 Å². The molecule has 0 spiro atoms. The molecule has 0 saturated heterocycles. The summed E-state index contributed by atoms with van der Waals surface area (Å²) in [5, 5.41) is 3.41. The number of rotatable bonds is 6. The van der Waals surface area contributed by atoms with Gasteiger partial charge in [-0.1, -0.05) is 55.8 Å². The van der Waals surface area contributed by atoms with Gasteiger partial charge in [0, 0.05) is 12.6 Å². The average Bonchev–Trinajstić information content (AvgIpc) is 2.45. The second-order valence-corrected chi connectivity index (χ2v) is 5.46. The summed E-state index contributed by atoms with van der Waals surface area (Å²) in [6, 6.07) is 17.2. The normalized spacial score (nSPS) is 10.3. The van der Waals surface area contributed by atoms with Crippen LogP contribution in [0.25, 0.3) is 0 Å². The Morgan fingerprint density at radius 1 is 1.00 bits per heavy atom. The van der Waals surface area contributed by atoms with E-state index in [9.17, 15) is 0 Å². The smallest absolute Gasteiger partial charge is 0.120 e. The quantitative estimate of drug-likeness (QED) is 0.849. The molecule has 2 nitrogen and oxygen atoms in total. The Balaban J connectivity index is 0.00000220. The molecule has 0 heterocycles. The Morgan fingerprint density at radius 3 is 2.38 bits per heavy atom. The second kappa shape index (κ2) is 8.71. The van der Waals surface area contributed by atoms with Crippen LogP contribution < -0.4 is 10.1 Å². The Hall–Kier alpha value is -1.51. The Morgan fingerprint density at radius 2 is 1.71 bits per heavy atom. The number of halogens is 1. The maximum Gasteiger partial charge on any atom is 0.120 e. The number of nitrogens with one attached hydrogen (secondary N) is 1. The lowest BCUT2D eigenvalue weighted by Gasteiger charge is -2.10. The van der Waals surface area contributed by atoms with Crippen LogP contribution in [0.3, 0.4) is 0 Å². The molecule has 0 radical (unpaired) electrons. The van der Waals surface area contributed by atoms with Crippen molar-refractivity contribution >= 4 is 12.4 Å². The van der Waals surface area contributed by atoms with Crippen LogP contribution in [-0.4, -0.2) is 6.04 Å². The van der Waals surface area contributed by atoms with Gasteiger partial charge < -0.3 is 10.1 Å². The van der Waals surface area contributed by atoms with Gasteiger partial charge in [0.1, 0.15) is 12.4 Å². The van der Waals surface area contributed by atoms with E-state index in [0.29, 0.717) is 12.6 Å². The molecule has 0 aromatic heterocycles. The van der Waals surface area contributed by atoms with Crippen molar-refractivity contribution in [1.82, 2.24) is 5.32 Å². The predicted molar refractivity (Wildman–Crippen MR) is 91.2 cm³/mol. The van der Waals surface area contributed by atoms with Gasteiger partial charge in [-0.25, -0.2) is 0 Å². The highest BCUT2D eigenvalue weighted by Crippen LogP contribution is 2.15. The highest BCUT2D eigenvalue weighted by Gasteiger charge is 1.99. The fourth-order valence-electron chi connectivity index (χ4n) is 1.92. The molecule has 0 fully saturated rings. The van der Waals surface area contributed by atoms with E-state index in [4.69, 9.17) is 4.74 Å². The fraction of sp³-hybridized carbons (Fsp3) is 0.333. The van der Waals surface area contributed by atoms with Crippen molar-refractivity contribution in [2.24, 2.45) is 0 Å². The van der Waals surface area contributed by atoms with E-state index in [-0.39, 0.29) is 12.4 Å². The monoisotopic (exact) mass is 305 g/mol. The molecule has 1 N–H and O–H groups in total. The van der Waals surface area contributed by atoms with Gasteiger partial charge >= 0.3 is 0 Å². The number of hydrogen-bond acceptors (Lipinski definition) is 2. The van der Waals surface area contributed by atoms with Crippen LogP contribution in [0.2, 0.25) is 0 Å². The minimum atomic E-state index is 0. The molecule has 0 saturated carbocycles. The molecule has 0 aliphatic heterocycles. The summed E-state index contributed by atoms with van der Waals surface area (Å²) >= 11 is 0. The second-order valence-electron chi connectivity index (χ2n) is 5.46. The van der Waals surface area contributed by atoms with E-state index in [1.54, 1.807) is 0 Å². The third-order valence-electron chi connectivity index (χ3n) is 3.14. The molecule has 2 aromatic carbocycles. The van der Waals surface area contributed by atoms with Crippen LogP contribution in [0, 0.1) is 6.92 Å². The maximum absolute atomic E-state index is 5.85. The molecule has 21 heavy (non-hydrogen) atoms. The lowest BCUT2D eigenvalue weighted by atomic mass is 10.1. The van der Waals surface area contributed by atoms with Gasteiger partial charge in [-0.15, -0.1) is 12.4 Å². The van der Waals surface area contributed by atoms with Crippen molar-refractivity contribution in [3.05, 3.63) is 65.2 Å². The first-order valence-corrected chi connectivity index (χ1v) is 7.14. The molecule has 3 heteroatoms. The highest BCUT2D eigenvalue weighted by molar-refractivity contribution is 5.85. The lowest BCUT2D eigenvalue weighted by Crippen LogP contribution is -2.21. The van der Waals surface area contributed by atoms with Crippen molar-refractivity contribution in [1.29, 1.82) is 0 Å². The summed E-state index contributed by atoms with van der Waals surface area (Å²) in [7, 11) is 0. The van der Waals surface area contributed by atoms with Gasteiger partial charge in [-0.2, -0.15) is 0 Å². The molecule has 2 aromatic rings. The molecule has 0 bridgehead atoms. The molecular weight excluding hydrogens is 282 g/mol. The van der Waals surface area contributed by atoms with Gasteiger partial charge in [-0.3, -0.25) is 0 Å². The first kappa shape index (κ1) is 17.5. The minimum absolute atomic E-state index is 0. The Bertz CT molecular complexity index is 537. The van der Waals surface area contributed by atoms with E-state index < -0.39 is 0 Å². The molecular formula is C18H24ClNO. The standard InChI is InChI=1S/C18H23NO.ClH/c1-14(2)19-12-17-5-4-6-18(11-17)20-13-16-9-7-15(3)8-10-16;/h4-11,14,19H,12-13H2,1-3H3;1H. The van der Waals surface area contributed by atoms with Gasteiger partial charge in [0.15, 0.2) is 0 Å². The maximum atomic E-state index is 5.85. The first-order chi connectivity index (χ1) is 9.63. The van der Waals surface area contributed by atoms with Gasteiger partial charge in [0.25, 0.3) is 0 Å². The molecule has 0 amide bonds.